The molecule has 0 bridgehead atoms. The van der Waals surface area contributed by atoms with Gasteiger partial charge in [0.15, 0.2) is 0 Å². The van der Waals surface area contributed by atoms with Crippen molar-refractivity contribution in [3.05, 3.63) is 60.2 Å². The molecule has 2 aliphatic rings. The van der Waals surface area contributed by atoms with Crippen molar-refractivity contribution in [3.8, 4) is 34.7 Å². The molecule has 1 fully saturated rings. The van der Waals surface area contributed by atoms with Crippen LogP contribution in [0.3, 0.4) is 0 Å². The highest BCUT2D eigenvalue weighted by atomic mass is 16.5. The summed E-state index contributed by atoms with van der Waals surface area (Å²) in [6.45, 7) is 4.60. The molecule has 1 saturated heterocycles. The van der Waals surface area contributed by atoms with Crippen molar-refractivity contribution in [1.29, 1.82) is 0 Å². The molecule has 7 heteroatoms. The minimum Gasteiger partial charge on any atom is -0.457 e. The molecule has 5 rings (SSSR count). The van der Waals surface area contributed by atoms with Gasteiger partial charge in [-0.15, -0.1) is 0 Å². The first-order valence-corrected chi connectivity index (χ1v) is 11.8. The summed E-state index contributed by atoms with van der Waals surface area (Å²) >= 11 is 0. The number of rotatable bonds is 5. The zero-order chi connectivity index (χ0) is 23.5. The van der Waals surface area contributed by atoms with Gasteiger partial charge in [0.1, 0.15) is 28.6 Å². The molecule has 174 valence electrons. The number of ether oxygens (including phenoxy) is 1. The van der Waals surface area contributed by atoms with Crippen molar-refractivity contribution < 1.29 is 9.53 Å². The Labute approximate surface area is 199 Å². The van der Waals surface area contributed by atoms with Gasteiger partial charge in [-0.1, -0.05) is 24.1 Å². The van der Waals surface area contributed by atoms with Crippen molar-refractivity contribution in [1.82, 2.24) is 14.7 Å². The van der Waals surface area contributed by atoms with Gasteiger partial charge < -0.3 is 20.7 Å². The lowest BCUT2D eigenvalue weighted by Gasteiger charge is -2.37. The number of benzene rings is 2. The standard InChI is InChI=1S/C27H29N5O2/c1-2-16-31-17-13-19(14-18-31)23-12-15-29-27-24(26(28)33)25(30-32(23)27)20-8-10-22(11-9-20)34-21-6-4-3-5-7-21/h3-11,19,23,29H,12-15,17-18H2,1H3,(H2,28,33). The lowest BCUT2D eigenvalue weighted by molar-refractivity contribution is 0.100. The molecular formula is C27H29N5O2. The van der Waals surface area contributed by atoms with E-state index in [-0.39, 0.29) is 6.04 Å². The second-order valence-corrected chi connectivity index (χ2v) is 8.79. The summed E-state index contributed by atoms with van der Waals surface area (Å²) in [5.41, 5.74) is 7.75. The van der Waals surface area contributed by atoms with Crippen LogP contribution < -0.4 is 15.8 Å². The summed E-state index contributed by atoms with van der Waals surface area (Å²) in [4.78, 5) is 14.7. The van der Waals surface area contributed by atoms with Gasteiger partial charge in [0.05, 0.1) is 6.04 Å². The third-order valence-electron chi connectivity index (χ3n) is 6.66. The maximum Gasteiger partial charge on any atom is 0.254 e. The highest BCUT2D eigenvalue weighted by molar-refractivity contribution is 6.03. The zero-order valence-corrected chi connectivity index (χ0v) is 19.3. The number of nitrogens with zero attached hydrogens (tertiary/aromatic N) is 3. The molecule has 7 nitrogen and oxygen atoms in total. The van der Waals surface area contributed by atoms with E-state index in [0.717, 1.165) is 61.8 Å². The highest BCUT2D eigenvalue weighted by Gasteiger charge is 2.35. The number of likely N-dealkylation sites (tertiary alicyclic amines) is 1. The molecule has 2 aromatic carbocycles. The second-order valence-electron chi connectivity index (χ2n) is 8.79. The van der Waals surface area contributed by atoms with Gasteiger partial charge in [-0.05, 0) is 68.5 Å². The Balaban J connectivity index is 1.43. The lowest BCUT2D eigenvalue weighted by atomic mass is 9.87. The minimum absolute atomic E-state index is 0.237. The monoisotopic (exact) mass is 455 g/mol. The topological polar surface area (TPSA) is 85.4 Å². The molecule has 0 spiro atoms. The first kappa shape index (κ1) is 21.9. The molecule has 1 aromatic heterocycles. The van der Waals surface area contributed by atoms with Crippen LogP contribution in [0.1, 0.15) is 42.6 Å². The Bertz CT molecular complexity index is 1220. The molecule has 3 aromatic rings. The van der Waals surface area contributed by atoms with Crippen LogP contribution in [0.4, 0.5) is 5.82 Å². The van der Waals surface area contributed by atoms with Crippen LogP contribution in [0.5, 0.6) is 11.5 Å². The number of primary amides is 1. The van der Waals surface area contributed by atoms with E-state index in [0.29, 0.717) is 17.2 Å². The Kier molecular flexibility index (Phi) is 6.13. The van der Waals surface area contributed by atoms with Crippen molar-refractivity contribution in [2.75, 3.05) is 25.0 Å². The first-order chi connectivity index (χ1) is 16.6. The number of hydrogen-bond donors (Lipinski definition) is 2. The van der Waals surface area contributed by atoms with E-state index in [1.807, 2.05) is 66.2 Å². The average Bonchev–Trinajstić information content (AvgIpc) is 3.26. The average molecular weight is 456 g/mol. The third kappa shape index (κ3) is 4.32. The molecule has 1 unspecified atom stereocenters. The second kappa shape index (κ2) is 9.52. The van der Waals surface area contributed by atoms with Gasteiger partial charge in [-0.3, -0.25) is 4.79 Å². The van der Waals surface area contributed by atoms with Crippen molar-refractivity contribution in [2.24, 2.45) is 11.7 Å². The fourth-order valence-electron chi connectivity index (χ4n) is 5.04. The number of nitrogens with two attached hydrogens (primary N) is 1. The van der Waals surface area contributed by atoms with E-state index in [9.17, 15) is 4.79 Å². The third-order valence-corrected chi connectivity index (χ3v) is 6.66. The van der Waals surface area contributed by atoms with Crippen LogP contribution in [-0.4, -0.2) is 40.2 Å². The summed E-state index contributed by atoms with van der Waals surface area (Å²) in [5, 5.41) is 8.33. The molecule has 1 atom stereocenters. The highest BCUT2D eigenvalue weighted by Crippen LogP contribution is 2.40. The van der Waals surface area contributed by atoms with Crippen LogP contribution >= 0.6 is 0 Å². The number of anilines is 1. The van der Waals surface area contributed by atoms with Crippen molar-refractivity contribution in [2.45, 2.75) is 32.2 Å². The molecule has 2 aliphatic heterocycles. The Morgan fingerprint density at radius 3 is 2.44 bits per heavy atom. The van der Waals surface area contributed by atoms with Gasteiger partial charge in [-0.2, -0.15) is 5.10 Å². The summed E-state index contributed by atoms with van der Waals surface area (Å²) < 4.78 is 7.92. The molecule has 3 heterocycles. The number of aromatic nitrogens is 2. The van der Waals surface area contributed by atoms with Crippen LogP contribution in [0.25, 0.3) is 11.3 Å². The quantitative estimate of drug-likeness (QED) is 0.554. The summed E-state index contributed by atoms with van der Waals surface area (Å²) in [6.07, 6.45) is 3.09. The predicted octanol–water partition coefficient (Wildman–Crippen LogP) is 4.49. The van der Waals surface area contributed by atoms with E-state index in [1.165, 1.54) is 0 Å². The normalized spacial score (nSPS) is 17.8. The fourth-order valence-corrected chi connectivity index (χ4v) is 5.04. The maximum atomic E-state index is 12.5. The Morgan fingerprint density at radius 1 is 1.06 bits per heavy atom. The van der Waals surface area contributed by atoms with E-state index >= 15 is 0 Å². The molecule has 34 heavy (non-hydrogen) atoms. The van der Waals surface area contributed by atoms with Gasteiger partial charge in [0.25, 0.3) is 5.91 Å². The predicted molar refractivity (Wildman–Crippen MR) is 133 cm³/mol. The summed E-state index contributed by atoms with van der Waals surface area (Å²) in [6, 6.07) is 20.7. The minimum atomic E-state index is -0.470. The van der Waals surface area contributed by atoms with Gasteiger partial charge in [-0.25, -0.2) is 4.68 Å². The largest absolute Gasteiger partial charge is 0.457 e. The van der Waals surface area contributed by atoms with E-state index in [4.69, 9.17) is 15.6 Å². The lowest BCUT2D eigenvalue weighted by Crippen LogP contribution is -2.37. The van der Waals surface area contributed by atoms with Crippen LogP contribution in [-0.2, 0) is 0 Å². The van der Waals surface area contributed by atoms with E-state index in [1.54, 1.807) is 0 Å². The van der Waals surface area contributed by atoms with Gasteiger partial charge in [0, 0.05) is 31.2 Å². The van der Waals surface area contributed by atoms with Gasteiger partial charge in [0.2, 0.25) is 0 Å². The van der Waals surface area contributed by atoms with Crippen molar-refractivity contribution in [3.63, 3.8) is 0 Å². The van der Waals surface area contributed by atoms with Crippen molar-refractivity contribution >= 4 is 11.7 Å². The number of carbonyl (C=O) groups is 1. The molecule has 3 N–H and O–H groups in total. The first-order valence-electron chi connectivity index (χ1n) is 11.8. The van der Waals surface area contributed by atoms with Crippen LogP contribution in [0, 0.1) is 17.9 Å². The fraction of sp³-hybridized carbons (Fsp3) is 0.333. The molecule has 1 amide bonds. The number of nitrogens with one attached hydrogen (secondary N) is 1. The zero-order valence-electron chi connectivity index (χ0n) is 19.3. The van der Waals surface area contributed by atoms with Crippen LogP contribution in [0.2, 0.25) is 0 Å². The number of fused-ring (bicyclic) bond motifs is 1. The van der Waals surface area contributed by atoms with Crippen LogP contribution in [0.15, 0.2) is 54.6 Å². The molecule has 0 radical (unpaired) electrons. The maximum absolute atomic E-state index is 12.5. The Hall–Kier alpha value is -3.92. The molecular weight excluding hydrogens is 426 g/mol. The van der Waals surface area contributed by atoms with E-state index in [2.05, 4.69) is 22.2 Å². The number of piperidine rings is 1. The summed E-state index contributed by atoms with van der Waals surface area (Å²) in [7, 11) is 0. The van der Waals surface area contributed by atoms with Gasteiger partial charge >= 0.3 is 0 Å². The number of amides is 1. The van der Waals surface area contributed by atoms with E-state index < -0.39 is 5.91 Å². The summed E-state index contributed by atoms with van der Waals surface area (Å²) in [5.74, 6) is 5.24. The molecule has 0 saturated carbocycles. The number of para-hydroxylation sites is 1. The molecule has 0 aliphatic carbocycles. The number of carbonyl (C=O) groups excluding carboxylic acids is 1. The smallest absolute Gasteiger partial charge is 0.254 e. The Morgan fingerprint density at radius 2 is 1.76 bits per heavy atom. The SMILES string of the molecule is CC#CN1CCC(C2CCNc3c(C(N)=O)c(-c4ccc(Oc5ccccc5)cc4)nn32)CC1. The number of hydrogen-bond acceptors (Lipinski definition) is 5.